The van der Waals surface area contributed by atoms with E-state index in [1.165, 1.54) is 16.7 Å². The molecule has 0 saturated carbocycles. The third kappa shape index (κ3) is 3.94. The summed E-state index contributed by atoms with van der Waals surface area (Å²) in [5.74, 6) is 0. The van der Waals surface area contributed by atoms with E-state index in [0.717, 1.165) is 25.7 Å². The quantitative estimate of drug-likeness (QED) is 0.822. The molecule has 0 bridgehead atoms. The van der Waals surface area contributed by atoms with Crippen molar-refractivity contribution in [2.24, 2.45) is 5.73 Å². The van der Waals surface area contributed by atoms with E-state index in [-0.39, 0.29) is 5.54 Å². The third-order valence-corrected chi connectivity index (χ3v) is 4.03. The van der Waals surface area contributed by atoms with Gasteiger partial charge in [-0.25, -0.2) is 0 Å². The summed E-state index contributed by atoms with van der Waals surface area (Å²) < 4.78 is 0. The summed E-state index contributed by atoms with van der Waals surface area (Å²) in [6.07, 6.45) is 4.30. The molecule has 0 radical (unpaired) electrons. The molecule has 0 aliphatic carbocycles. The van der Waals surface area contributed by atoms with Gasteiger partial charge < -0.3 is 5.73 Å². The van der Waals surface area contributed by atoms with Crippen molar-refractivity contribution in [2.75, 3.05) is 0 Å². The second-order valence-electron chi connectivity index (χ2n) is 5.81. The monoisotopic (exact) mass is 267 g/mol. The topological polar surface area (TPSA) is 26.0 Å². The molecule has 1 atom stereocenters. The molecule has 1 unspecified atom stereocenters. The van der Waals surface area contributed by atoms with Crippen molar-refractivity contribution in [3.05, 3.63) is 71.3 Å². The lowest BCUT2D eigenvalue weighted by atomic mass is 9.87. The van der Waals surface area contributed by atoms with Gasteiger partial charge >= 0.3 is 0 Å². The highest BCUT2D eigenvalue weighted by molar-refractivity contribution is 5.27. The Hall–Kier alpha value is -1.60. The van der Waals surface area contributed by atoms with Crippen LogP contribution < -0.4 is 5.73 Å². The van der Waals surface area contributed by atoms with E-state index < -0.39 is 0 Å². The average Bonchev–Trinajstić information content (AvgIpc) is 2.48. The molecular formula is C19H25N. The number of hydrogen-bond donors (Lipinski definition) is 1. The fourth-order valence-electron chi connectivity index (χ4n) is 2.57. The van der Waals surface area contributed by atoms with Crippen molar-refractivity contribution in [1.82, 2.24) is 0 Å². The Morgan fingerprint density at radius 3 is 2.15 bits per heavy atom. The summed E-state index contributed by atoms with van der Waals surface area (Å²) in [7, 11) is 0. The molecule has 20 heavy (non-hydrogen) atoms. The van der Waals surface area contributed by atoms with Gasteiger partial charge in [-0.3, -0.25) is 0 Å². The number of aryl methyl sites for hydroxylation is 2. The van der Waals surface area contributed by atoms with Gasteiger partial charge in [0.1, 0.15) is 0 Å². The van der Waals surface area contributed by atoms with Crippen molar-refractivity contribution in [3.63, 3.8) is 0 Å². The fraction of sp³-hybridized carbons (Fsp3) is 0.368. The molecule has 0 aliphatic heterocycles. The van der Waals surface area contributed by atoms with Gasteiger partial charge in [0.2, 0.25) is 0 Å². The molecule has 0 fully saturated rings. The van der Waals surface area contributed by atoms with E-state index in [1.807, 2.05) is 0 Å². The first-order valence-corrected chi connectivity index (χ1v) is 7.54. The minimum Gasteiger partial charge on any atom is -0.322 e. The van der Waals surface area contributed by atoms with Crippen molar-refractivity contribution < 1.29 is 0 Å². The number of benzene rings is 2. The summed E-state index contributed by atoms with van der Waals surface area (Å²) in [6.45, 7) is 4.31. The van der Waals surface area contributed by atoms with Gasteiger partial charge in [0.25, 0.3) is 0 Å². The first-order chi connectivity index (χ1) is 9.62. The van der Waals surface area contributed by atoms with Gasteiger partial charge in [0.05, 0.1) is 0 Å². The predicted octanol–water partition coefficient (Wildman–Crippen LogP) is 4.45. The maximum Gasteiger partial charge on any atom is 0.0381 e. The minimum absolute atomic E-state index is 0.235. The lowest BCUT2D eigenvalue weighted by molar-refractivity contribution is 0.436. The molecule has 2 aromatic carbocycles. The van der Waals surface area contributed by atoms with Crippen LogP contribution in [0.15, 0.2) is 54.6 Å². The average molecular weight is 267 g/mol. The van der Waals surface area contributed by atoms with Gasteiger partial charge in [0.15, 0.2) is 0 Å². The summed E-state index contributed by atoms with van der Waals surface area (Å²) in [5, 5.41) is 0. The minimum atomic E-state index is -0.235. The van der Waals surface area contributed by atoms with E-state index >= 15 is 0 Å². The molecule has 0 aliphatic rings. The number of rotatable bonds is 6. The number of hydrogen-bond acceptors (Lipinski definition) is 1. The third-order valence-electron chi connectivity index (χ3n) is 4.03. The van der Waals surface area contributed by atoms with Crippen LogP contribution in [0.25, 0.3) is 0 Å². The molecule has 1 heteroatoms. The Labute approximate surface area is 122 Å². The van der Waals surface area contributed by atoms with Crippen LogP contribution in [0.1, 0.15) is 43.4 Å². The summed E-state index contributed by atoms with van der Waals surface area (Å²) in [5.41, 5.74) is 10.3. The van der Waals surface area contributed by atoms with Crippen LogP contribution in [0.5, 0.6) is 0 Å². The Morgan fingerprint density at radius 2 is 1.55 bits per heavy atom. The van der Waals surface area contributed by atoms with E-state index in [0.29, 0.717) is 0 Å². The van der Waals surface area contributed by atoms with Crippen LogP contribution in [0.2, 0.25) is 0 Å². The molecule has 1 nitrogen and oxygen atoms in total. The second-order valence-corrected chi connectivity index (χ2v) is 5.81. The van der Waals surface area contributed by atoms with Crippen LogP contribution in [0.4, 0.5) is 0 Å². The highest BCUT2D eigenvalue weighted by Gasteiger charge is 2.20. The van der Waals surface area contributed by atoms with Gasteiger partial charge in [-0.15, -0.1) is 0 Å². The van der Waals surface area contributed by atoms with Gasteiger partial charge in [-0.05, 0) is 49.3 Å². The molecular weight excluding hydrogens is 242 g/mol. The van der Waals surface area contributed by atoms with Crippen LogP contribution in [-0.4, -0.2) is 0 Å². The molecule has 0 aromatic heterocycles. The Morgan fingerprint density at radius 1 is 0.900 bits per heavy atom. The maximum absolute atomic E-state index is 6.49. The Balaban J connectivity index is 1.92. The lowest BCUT2D eigenvalue weighted by Crippen LogP contribution is -2.33. The van der Waals surface area contributed by atoms with Crippen molar-refractivity contribution >= 4 is 0 Å². The van der Waals surface area contributed by atoms with Gasteiger partial charge in [-0.1, -0.05) is 61.5 Å². The predicted molar refractivity (Wildman–Crippen MR) is 86.7 cm³/mol. The maximum atomic E-state index is 6.49. The zero-order valence-electron chi connectivity index (χ0n) is 12.6. The normalized spacial score (nSPS) is 13.9. The molecule has 0 heterocycles. The van der Waals surface area contributed by atoms with Crippen LogP contribution in [-0.2, 0) is 18.4 Å². The Bertz CT molecular complexity index is 511. The largest absolute Gasteiger partial charge is 0.322 e. The first kappa shape index (κ1) is 14.8. The van der Waals surface area contributed by atoms with Crippen molar-refractivity contribution in [2.45, 2.75) is 45.1 Å². The first-order valence-electron chi connectivity index (χ1n) is 7.54. The van der Waals surface area contributed by atoms with Gasteiger partial charge in [0, 0.05) is 5.54 Å². The van der Waals surface area contributed by atoms with Crippen LogP contribution in [0.3, 0.4) is 0 Å². The molecule has 2 N–H and O–H groups in total. The highest BCUT2D eigenvalue weighted by atomic mass is 14.7. The fourth-order valence-corrected chi connectivity index (χ4v) is 2.57. The van der Waals surface area contributed by atoms with Crippen LogP contribution in [0, 0.1) is 0 Å². The number of nitrogens with two attached hydrogens (primary N) is 1. The van der Waals surface area contributed by atoms with Crippen LogP contribution >= 0.6 is 0 Å². The lowest BCUT2D eigenvalue weighted by Gasteiger charge is -2.25. The summed E-state index contributed by atoms with van der Waals surface area (Å²) >= 11 is 0. The summed E-state index contributed by atoms with van der Waals surface area (Å²) in [6, 6.07) is 19.4. The zero-order valence-corrected chi connectivity index (χ0v) is 12.6. The molecule has 2 aromatic rings. The smallest absolute Gasteiger partial charge is 0.0381 e. The molecule has 0 saturated heterocycles. The Kier molecular flexibility index (Phi) is 4.97. The molecule has 106 valence electrons. The van der Waals surface area contributed by atoms with Crippen molar-refractivity contribution in [1.29, 1.82) is 0 Å². The summed E-state index contributed by atoms with van der Waals surface area (Å²) in [4.78, 5) is 0. The molecule has 0 amide bonds. The zero-order chi connectivity index (χ0) is 14.4. The van der Waals surface area contributed by atoms with E-state index in [4.69, 9.17) is 5.73 Å². The standard InChI is InChI=1S/C19H25N/c1-3-16-11-13-18(14-12-16)19(2,20)15-7-10-17-8-5-4-6-9-17/h4-6,8-9,11-14H,3,7,10,15,20H2,1-2H3. The molecule has 2 rings (SSSR count). The van der Waals surface area contributed by atoms with E-state index in [2.05, 4.69) is 68.4 Å². The highest BCUT2D eigenvalue weighted by Crippen LogP contribution is 2.24. The molecule has 0 spiro atoms. The van der Waals surface area contributed by atoms with Gasteiger partial charge in [-0.2, -0.15) is 0 Å². The van der Waals surface area contributed by atoms with E-state index in [1.54, 1.807) is 0 Å². The second kappa shape index (κ2) is 6.71. The SMILES string of the molecule is CCc1ccc(C(C)(N)CCCc2ccccc2)cc1. The van der Waals surface area contributed by atoms with Crippen molar-refractivity contribution in [3.8, 4) is 0 Å². The van der Waals surface area contributed by atoms with E-state index in [9.17, 15) is 0 Å².